The van der Waals surface area contributed by atoms with Crippen molar-refractivity contribution < 1.29 is 29.4 Å². The lowest BCUT2D eigenvalue weighted by Gasteiger charge is -2.36. The molecule has 0 aromatic rings. The molecule has 4 amide bonds. The molecule has 0 bridgehead atoms. The van der Waals surface area contributed by atoms with Gasteiger partial charge in [0.25, 0.3) is 0 Å². The Kier molecular flexibility index (Phi) is 8.91. The summed E-state index contributed by atoms with van der Waals surface area (Å²) in [6, 6.07) is -4.09. The number of aliphatic hydroxyl groups is 2. The number of aliphatic hydroxyl groups excluding tert-OH is 2. The fourth-order valence-corrected chi connectivity index (χ4v) is 5.55. The Morgan fingerprint density at radius 2 is 1.69 bits per heavy atom. The molecule has 2 aliphatic heterocycles. The molecular formula is C20H35N5O6S. The molecule has 11 nitrogen and oxygen atoms in total. The number of hydrogen-bond donors (Lipinski definition) is 5. The van der Waals surface area contributed by atoms with E-state index in [4.69, 9.17) is 11.5 Å². The molecule has 1 unspecified atom stereocenters. The smallest absolute Gasteiger partial charge is 0.246 e. The second-order valence-electron chi connectivity index (χ2n) is 8.81. The van der Waals surface area contributed by atoms with Gasteiger partial charge in [0.1, 0.15) is 24.2 Å². The Bertz CT molecular complexity index is 733. The third-order valence-corrected chi connectivity index (χ3v) is 7.50. The Hall–Kier alpha value is -1.89. The molecule has 0 aliphatic carbocycles. The average Bonchev–Trinajstić information content (AvgIpc) is 3.36. The summed E-state index contributed by atoms with van der Waals surface area (Å²) in [5.74, 6) is -2.01. The zero-order valence-corrected chi connectivity index (χ0v) is 19.7. The van der Waals surface area contributed by atoms with Crippen molar-refractivity contribution in [2.24, 2.45) is 17.4 Å². The van der Waals surface area contributed by atoms with Crippen LogP contribution in [0, 0.1) is 5.92 Å². The van der Waals surface area contributed by atoms with Gasteiger partial charge in [-0.2, -0.15) is 0 Å². The first-order valence-electron chi connectivity index (χ1n) is 10.8. The zero-order valence-electron chi connectivity index (χ0n) is 18.9. The molecule has 2 rings (SSSR count). The molecule has 2 heterocycles. The normalized spacial score (nSPS) is 27.2. The van der Waals surface area contributed by atoms with Crippen molar-refractivity contribution in [1.82, 2.24) is 15.1 Å². The second-order valence-corrected chi connectivity index (χ2v) is 9.96. The van der Waals surface area contributed by atoms with E-state index in [1.54, 1.807) is 0 Å². The van der Waals surface area contributed by atoms with Crippen molar-refractivity contribution in [3.8, 4) is 0 Å². The van der Waals surface area contributed by atoms with Crippen LogP contribution in [-0.4, -0.2) is 97.7 Å². The van der Waals surface area contributed by atoms with Gasteiger partial charge in [0.05, 0.1) is 17.6 Å². The van der Waals surface area contributed by atoms with E-state index in [1.165, 1.54) is 35.4 Å². The lowest BCUT2D eigenvalue weighted by molar-refractivity contribution is -0.149. The topological polar surface area (TPSA) is 179 Å². The summed E-state index contributed by atoms with van der Waals surface area (Å²) in [7, 11) is 0. The highest BCUT2D eigenvalue weighted by Crippen LogP contribution is 2.36. The van der Waals surface area contributed by atoms with E-state index in [1.807, 2.05) is 13.8 Å². The number of amides is 4. The number of carbonyl (C=O) groups excluding carboxylic acids is 4. The van der Waals surface area contributed by atoms with Crippen molar-refractivity contribution in [3.05, 3.63) is 0 Å². The molecular weight excluding hydrogens is 438 g/mol. The van der Waals surface area contributed by atoms with Crippen LogP contribution in [0.25, 0.3) is 0 Å². The molecule has 12 heteroatoms. The van der Waals surface area contributed by atoms with Gasteiger partial charge in [-0.1, -0.05) is 13.8 Å². The van der Waals surface area contributed by atoms with E-state index in [0.717, 1.165) is 0 Å². The first-order chi connectivity index (χ1) is 14.9. The fourth-order valence-electron chi connectivity index (χ4n) is 4.06. The number of carbonyl (C=O) groups is 4. The van der Waals surface area contributed by atoms with Crippen molar-refractivity contribution >= 4 is 35.4 Å². The minimum absolute atomic E-state index is 0.0238. The van der Waals surface area contributed by atoms with Crippen LogP contribution < -0.4 is 16.8 Å². The van der Waals surface area contributed by atoms with E-state index in [9.17, 15) is 29.4 Å². The molecule has 2 saturated heterocycles. The second kappa shape index (κ2) is 10.8. The number of nitrogens with two attached hydrogens (primary N) is 2. The van der Waals surface area contributed by atoms with Crippen LogP contribution in [-0.2, 0) is 19.2 Å². The maximum Gasteiger partial charge on any atom is 0.246 e. The van der Waals surface area contributed by atoms with Crippen LogP contribution in [0.1, 0.15) is 40.5 Å². The van der Waals surface area contributed by atoms with Crippen molar-refractivity contribution in [1.29, 1.82) is 0 Å². The number of hydrogen-bond acceptors (Lipinski definition) is 8. The van der Waals surface area contributed by atoms with Crippen LogP contribution >= 0.6 is 11.8 Å². The van der Waals surface area contributed by atoms with Gasteiger partial charge in [0, 0.05) is 12.3 Å². The van der Waals surface area contributed by atoms with Gasteiger partial charge in [-0.3, -0.25) is 19.2 Å². The van der Waals surface area contributed by atoms with Gasteiger partial charge in [-0.05, 0) is 32.6 Å². The van der Waals surface area contributed by atoms with Gasteiger partial charge in [-0.25, -0.2) is 0 Å². The number of nitrogens with one attached hydrogen (secondary N) is 1. The molecule has 182 valence electrons. The van der Waals surface area contributed by atoms with E-state index < -0.39 is 54.1 Å². The number of primary amides is 1. The minimum atomic E-state index is -1.28. The molecule has 0 aromatic heterocycles. The number of nitrogens with zero attached hydrogens (tertiary/aromatic N) is 2. The quantitative estimate of drug-likeness (QED) is 0.267. The molecule has 32 heavy (non-hydrogen) atoms. The van der Waals surface area contributed by atoms with Crippen LogP contribution in [0.5, 0.6) is 0 Å². The van der Waals surface area contributed by atoms with Crippen LogP contribution in [0.2, 0.25) is 0 Å². The van der Waals surface area contributed by atoms with Gasteiger partial charge in [0.2, 0.25) is 23.6 Å². The Labute approximate surface area is 192 Å². The van der Waals surface area contributed by atoms with Crippen molar-refractivity contribution in [3.63, 3.8) is 0 Å². The third-order valence-electron chi connectivity index (χ3n) is 5.87. The summed E-state index contributed by atoms with van der Waals surface area (Å²) in [6.07, 6.45) is -1.23. The number of likely N-dealkylation sites (tertiary alicyclic amines) is 1. The van der Waals surface area contributed by atoms with Gasteiger partial charge >= 0.3 is 0 Å². The summed E-state index contributed by atoms with van der Waals surface area (Å²) >= 11 is 1.44. The predicted molar refractivity (Wildman–Crippen MR) is 119 cm³/mol. The maximum absolute atomic E-state index is 13.6. The highest BCUT2D eigenvalue weighted by atomic mass is 32.2. The Morgan fingerprint density at radius 1 is 1.06 bits per heavy atom. The largest absolute Gasteiger partial charge is 0.391 e. The highest BCUT2D eigenvalue weighted by Gasteiger charge is 2.48. The lowest BCUT2D eigenvalue weighted by Crippen LogP contribution is -2.60. The van der Waals surface area contributed by atoms with Crippen LogP contribution in [0.3, 0.4) is 0 Å². The minimum Gasteiger partial charge on any atom is -0.391 e. The summed E-state index contributed by atoms with van der Waals surface area (Å²) in [4.78, 5) is 53.9. The lowest BCUT2D eigenvalue weighted by atomic mass is 10.1. The van der Waals surface area contributed by atoms with E-state index in [-0.39, 0.29) is 17.2 Å². The Balaban J connectivity index is 2.28. The fraction of sp³-hybridized carbons (Fsp3) is 0.800. The van der Waals surface area contributed by atoms with Crippen LogP contribution in [0.4, 0.5) is 0 Å². The van der Waals surface area contributed by atoms with E-state index in [0.29, 0.717) is 25.1 Å². The maximum atomic E-state index is 13.6. The number of thioether (sulfide) groups is 1. The molecule has 0 radical (unpaired) electrons. The standard InChI is InChI=1S/C20H35N5O6S/c1-9(2)20-25(13(8-32-20)17(29)23-15(11(4)27)16(22)28)18(30)12-6-5-7-24(12)19(31)14(21)10(3)26/h9-15,20,26-27H,5-8,21H2,1-4H3,(H2,22,28)(H,23,29)/t10-,11-,12+,13+,14+,15+,20?/m1/s1. The van der Waals surface area contributed by atoms with Gasteiger partial charge in [0.15, 0.2) is 0 Å². The predicted octanol–water partition coefficient (Wildman–Crippen LogP) is -2.04. The summed E-state index contributed by atoms with van der Waals surface area (Å²) in [6.45, 7) is 6.96. The SMILES string of the molecule is CC(C)C1SC[C@@H](C(=O)N[C@H](C(N)=O)[C@@H](C)O)N1C(=O)[C@@H]1CCCN1C(=O)[C@@H](N)[C@@H](C)O. The van der Waals surface area contributed by atoms with E-state index in [2.05, 4.69) is 5.32 Å². The molecule has 0 spiro atoms. The monoisotopic (exact) mass is 473 g/mol. The van der Waals surface area contributed by atoms with Gasteiger partial charge in [-0.15, -0.1) is 11.8 Å². The van der Waals surface area contributed by atoms with Crippen molar-refractivity contribution in [2.75, 3.05) is 12.3 Å². The van der Waals surface area contributed by atoms with Gasteiger partial charge < -0.3 is 36.8 Å². The average molecular weight is 474 g/mol. The number of rotatable bonds is 8. The molecule has 2 aliphatic rings. The highest BCUT2D eigenvalue weighted by molar-refractivity contribution is 8.00. The summed E-state index contributed by atoms with van der Waals surface area (Å²) in [5, 5.41) is 21.6. The first-order valence-corrected chi connectivity index (χ1v) is 11.9. The molecule has 2 fully saturated rings. The third kappa shape index (κ3) is 5.53. The molecule has 7 N–H and O–H groups in total. The zero-order chi connectivity index (χ0) is 24.3. The molecule has 7 atom stereocenters. The van der Waals surface area contributed by atoms with Crippen LogP contribution in [0.15, 0.2) is 0 Å². The molecule has 0 aromatic carbocycles. The van der Waals surface area contributed by atoms with E-state index >= 15 is 0 Å². The summed E-state index contributed by atoms with van der Waals surface area (Å²) < 4.78 is 0. The molecule has 0 saturated carbocycles. The Morgan fingerprint density at radius 3 is 2.19 bits per heavy atom. The summed E-state index contributed by atoms with van der Waals surface area (Å²) in [5.41, 5.74) is 11.1. The van der Waals surface area contributed by atoms with Crippen molar-refractivity contribution in [2.45, 2.75) is 82.3 Å². The first kappa shape index (κ1) is 26.4.